The van der Waals surface area contributed by atoms with Crippen LogP contribution in [0.15, 0.2) is 24.3 Å². The van der Waals surface area contributed by atoms with Crippen LogP contribution in [0.5, 0.6) is 0 Å². The summed E-state index contributed by atoms with van der Waals surface area (Å²) < 4.78 is 62.4. The van der Waals surface area contributed by atoms with E-state index in [1.54, 1.807) is 6.92 Å². The zero-order valence-electron chi connectivity index (χ0n) is 15.0. The summed E-state index contributed by atoms with van der Waals surface area (Å²) in [7, 11) is -4.16. The van der Waals surface area contributed by atoms with Gasteiger partial charge < -0.3 is 5.32 Å². The molecule has 0 spiro atoms. The second kappa shape index (κ2) is 7.41. The van der Waals surface area contributed by atoms with Crippen molar-refractivity contribution in [2.75, 3.05) is 5.75 Å². The Morgan fingerprint density at radius 2 is 1.93 bits per heavy atom. The Labute approximate surface area is 159 Å². The average molecular weight is 421 g/mol. The molecule has 154 valence electrons. The maximum atomic E-state index is 12.7. The van der Waals surface area contributed by atoms with Gasteiger partial charge in [-0.3, -0.25) is 15.0 Å². The molecule has 1 unspecified atom stereocenters. The number of carbonyl (C=O) groups excluding carboxylic acids is 3. The summed E-state index contributed by atoms with van der Waals surface area (Å²) in [5.41, 5.74) is -0.456. The fraction of sp³-hybridized carbons (Fsp3) is 0.438. The lowest BCUT2D eigenvalue weighted by Gasteiger charge is -2.19. The molecule has 0 radical (unpaired) electrons. The number of hydrazine groups is 1. The predicted molar refractivity (Wildman–Crippen MR) is 91.2 cm³/mol. The number of sulfone groups is 1. The van der Waals surface area contributed by atoms with Gasteiger partial charge in [-0.15, -0.1) is 0 Å². The molecule has 1 aliphatic rings. The molecule has 28 heavy (non-hydrogen) atoms. The minimum atomic E-state index is -4.63. The van der Waals surface area contributed by atoms with Crippen LogP contribution in [0.3, 0.4) is 0 Å². The third kappa shape index (κ3) is 4.80. The van der Waals surface area contributed by atoms with Crippen molar-refractivity contribution < 1.29 is 36.0 Å². The van der Waals surface area contributed by atoms with E-state index >= 15 is 0 Å². The molecule has 0 bridgehead atoms. The largest absolute Gasteiger partial charge is 0.416 e. The smallest absolute Gasteiger partial charge is 0.322 e. The normalized spacial score (nSPS) is 20.2. The van der Waals surface area contributed by atoms with Crippen LogP contribution in [0.1, 0.15) is 31.4 Å². The van der Waals surface area contributed by atoms with Gasteiger partial charge in [0, 0.05) is 0 Å². The summed E-state index contributed by atoms with van der Waals surface area (Å²) in [6, 6.07) is 2.82. The molecule has 2 N–H and O–H groups in total. The van der Waals surface area contributed by atoms with E-state index in [1.807, 2.05) is 5.43 Å². The Balaban J connectivity index is 2.06. The van der Waals surface area contributed by atoms with Crippen LogP contribution in [-0.4, -0.2) is 42.6 Å². The highest BCUT2D eigenvalue weighted by molar-refractivity contribution is 7.91. The van der Waals surface area contributed by atoms with Gasteiger partial charge in [-0.1, -0.05) is 25.1 Å². The van der Waals surface area contributed by atoms with E-state index in [0.29, 0.717) is 11.1 Å². The second-order valence-electron chi connectivity index (χ2n) is 6.52. The first kappa shape index (κ1) is 21.7. The van der Waals surface area contributed by atoms with E-state index < -0.39 is 56.5 Å². The number of halogens is 3. The van der Waals surface area contributed by atoms with Crippen molar-refractivity contribution in [3.05, 3.63) is 35.4 Å². The monoisotopic (exact) mass is 421 g/mol. The van der Waals surface area contributed by atoms with Gasteiger partial charge in [0.25, 0.3) is 11.8 Å². The molecule has 2 rings (SSSR count). The summed E-state index contributed by atoms with van der Waals surface area (Å²) in [5.74, 6) is -3.82. The van der Waals surface area contributed by atoms with Crippen molar-refractivity contribution in [2.45, 2.75) is 37.7 Å². The summed E-state index contributed by atoms with van der Waals surface area (Å²) in [5, 5.41) is 2.77. The maximum Gasteiger partial charge on any atom is 0.416 e. The van der Waals surface area contributed by atoms with E-state index in [4.69, 9.17) is 0 Å². The quantitative estimate of drug-likeness (QED) is 0.674. The Morgan fingerprint density at radius 1 is 1.29 bits per heavy atom. The van der Waals surface area contributed by atoms with E-state index in [-0.39, 0.29) is 12.0 Å². The molecule has 1 aromatic carbocycles. The number of amides is 4. The number of hydrogen-bond acceptors (Lipinski definition) is 5. The van der Waals surface area contributed by atoms with Gasteiger partial charge in [-0.05, 0) is 25.0 Å². The molecule has 4 amide bonds. The van der Waals surface area contributed by atoms with Crippen LogP contribution in [0, 0.1) is 0 Å². The number of benzene rings is 1. The zero-order chi connectivity index (χ0) is 21.3. The van der Waals surface area contributed by atoms with Gasteiger partial charge in [0.2, 0.25) is 0 Å². The van der Waals surface area contributed by atoms with Gasteiger partial charge in [0.15, 0.2) is 9.84 Å². The van der Waals surface area contributed by atoms with Crippen molar-refractivity contribution in [1.82, 2.24) is 15.8 Å². The maximum absolute atomic E-state index is 12.7. The van der Waals surface area contributed by atoms with E-state index in [0.717, 1.165) is 12.1 Å². The minimum Gasteiger partial charge on any atom is -0.322 e. The van der Waals surface area contributed by atoms with Crippen LogP contribution in [0.2, 0.25) is 0 Å². The summed E-state index contributed by atoms with van der Waals surface area (Å²) >= 11 is 0. The van der Waals surface area contributed by atoms with Gasteiger partial charge in [-0.25, -0.2) is 13.2 Å². The zero-order valence-corrected chi connectivity index (χ0v) is 15.8. The van der Waals surface area contributed by atoms with Crippen LogP contribution < -0.4 is 10.7 Å². The first-order valence-corrected chi connectivity index (χ1v) is 9.92. The second-order valence-corrected chi connectivity index (χ2v) is 8.59. The predicted octanol–water partition coefficient (Wildman–Crippen LogP) is 1.37. The number of hydrogen-bond donors (Lipinski definition) is 2. The Morgan fingerprint density at radius 3 is 2.46 bits per heavy atom. The van der Waals surface area contributed by atoms with Gasteiger partial charge >= 0.3 is 12.2 Å². The fourth-order valence-corrected chi connectivity index (χ4v) is 3.78. The first-order chi connectivity index (χ1) is 12.8. The molecule has 1 heterocycles. The van der Waals surface area contributed by atoms with E-state index in [1.165, 1.54) is 13.0 Å². The molecule has 0 aliphatic carbocycles. The number of carbonyl (C=O) groups is 3. The van der Waals surface area contributed by atoms with Gasteiger partial charge in [-0.2, -0.15) is 18.2 Å². The molecule has 0 aromatic heterocycles. The highest BCUT2D eigenvalue weighted by atomic mass is 32.2. The topological polar surface area (TPSA) is 113 Å². The van der Waals surface area contributed by atoms with Crippen molar-refractivity contribution in [3.8, 4) is 0 Å². The molecular weight excluding hydrogens is 403 g/mol. The van der Waals surface area contributed by atoms with Gasteiger partial charge in [0.1, 0.15) is 11.3 Å². The Hall–Kier alpha value is -2.63. The minimum absolute atomic E-state index is 0.142. The molecule has 12 heteroatoms. The average Bonchev–Trinajstić information content (AvgIpc) is 2.77. The van der Waals surface area contributed by atoms with E-state index in [9.17, 15) is 36.0 Å². The lowest BCUT2D eigenvalue weighted by atomic mass is 10.00. The van der Waals surface area contributed by atoms with Crippen molar-refractivity contribution in [2.24, 2.45) is 0 Å². The van der Waals surface area contributed by atoms with Gasteiger partial charge in [0.05, 0.1) is 11.3 Å². The number of urea groups is 1. The summed E-state index contributed by atoms with van der Waals surface area (Å²) in [4.78, 5) is 35.9. The molecular formula is C16H18F3N3O5S. The third-order valence-corrected chi connectivity index (χ3v) is 5.67. The molecule has 8 nitrogen and oxygen atoms in total. The van der Waals surface area contributed by atoms with Crippen molar-refractivity contribution >= 4 is 27.7 Å². The number of nitrogens with one attached hydrogen (secondary N) is 2. The van der Waals surface area contributed by atoms with Crippen LogP contribution in [0.25, 0.3) is 0 Å². The number of imide groups is 1. The lowest BCUT2D eigenvalue weighted by Crippen LogP contribution is -2.50. The highest BCUT2D eigenvalue weighted by Gasteiger charge is 2.47. The number of rotatable bonds is 6. The van der Waals surface area contributed by atoms with Crippen molar-refractivity contribution in [3.63, 3.8) is 0 Å². The van der Waals surface area contributed by atoms with Crippen LogP contribution >= 0.6 is 0 Å². The van der Waals surface area contributed by atoms with Crippen LogP contribution in [-0.2, 0) is 31.4 Å². The summed E-state index contributed by atoms with van der Waals surface area (Å²) in [6.07, 6.45) is -4.38. The molecule has 0 saturated carbocycles. The van der Waals surface area contributed by atoms with Crippen LogP contribution in [0.4, 0.5) is 18.0 Å². The standard InChI is InChI=1S/C16H18F3N3O5S/c1-3-15(2)13(24)22(14(25)20-15)21-12(23)9-28(26,27)8-10-5-4-6-11(7-10)16(17,18)19/h4-7H,3,8-9H2,1-2H3,(H,20,25)(H,21,23). The molecule has 1 fully saturated rings. The number of alkyl halides is 3. The summed E-state index contributed by atoms with van der Waals surface area (Å²) in [6.45, 7) is 3.09. The Kier molecular flexibility index (Phi) is 5.74. The van der Waals surface area contributed by atoms with Crippen molar-refractivity contribution in [1.29, 1.82) is 0 Å². The lowest BCUT2D eigenvalue weighted by molar-refractivity contribution is -0.138. The fourth-order valence-electron chi connectivity index (χ4n) is 2.52. The Bertz CT molecular complexity index is 916. The van der Waals surface area contributed by atoms with E-state index in [2.05, 4.69) is 5.32 Å². The third-order valence-electron chi connectivity index (χ3n) is 4.20. The highest BCUT2D eigenvalue weighted by Crippen LogP contribution is 2.29. The molecule has 1 aromatic rings. The molecule has 1 saturated heterocycles. The SMILES string of the molecule is CCC1(C)NC(=O)N(NC(=O)CS(=O)(=O)Cc2cccc(C(F)(F)F)c2)C1=O. The molecule has 1 aliphatic heterocycles. The number of nitrogens with zero attached hydrogens (tertiary/aromatic N) is 1. The molecule has 1 atom stereocenters. The first-order valence-electron chi connectivity index (χ1n) is 8.10.